The van der Waals surface area contributed by atoms with E-state index >= 15 is 0 Å². The summed E-state index contributed by atoms with van der Waals surface area (Å²) < 4.78 is 0. The molecule has 1 saturated heterocycles. The Morgan fingerprint density at radius 3 is 2.22 bits per heavy atom. The number of aliphatic hydroxyl groups excluding tert-OH is 1. The summed E-state index contributed by atoms with van der Waals surface area (Å²) >= 11 is 0. The summed E-state index contributed by atoms with van der Waals surface area (Å²) in [7, 11) is 0. The van der Waals surface area contributed by atoms with E-state index in [4.69, 9.17) is 0 Å². The molecule has 192 valence electrons. The number of allylic oxidation sites excluding steroid dienone is 1. The molecule has 2 aromatic carbocycles. The fourth-order valence-electron chi connectivity index (χ4n) is 5.02. The first-order valence-electron chi connectivity index (χ1n) is 13.2. The van der Waals surface area contributed by atoms with Crippen molar-refractivity contribution in [1.82, 2.24) is 4.90 Å². The van der Waals surface area contributed by atoms with Gasteiger partial charge in [-0.2, -0.15) is 0 Å². The number of carbonyl (C=O) groups is 2. The van der Waals surface area contributed by atoms with Crippen molar-refractivity contribution in [1.29, 1.82) is 0 Å². The lowest BCUT2D eigenvalue weighted by molar-refractivity contribution is -0.128. The van der Waals surface area contributed by atoms with Crippen molar-refractivity contribution in [2.75, 3.05) is 18.0 Å². The molecule has 5 nitrogen and oxygen atoms in total. The molecule has 0 unspecified atom stereocenters. The van der Waals surface area contributed by atoms with Crippen molar-refractivity contribution >= 4 is 17.4 Å². The van der Waals surface area contributed by atoms with E-state index < -0.39 is 11.7 Å². The molecular weight excluding hydrogens is 448 g/mol. The fourth-order valence-corrected chi connectivity index (χ4v) is 5.02. The number of hydrogen-bond donors (Lipinski definition) is 1. The topological polar surface area (TPSA) is 60.9 Å². The maximum absolute atomic E-state index is 13.7. The van der Waals surface area contributed by atoms with E-state index in [1.165, 1.54) is 12.5 Å². The zero-order chi connectivity index (χ0) is 26.2. The van der Waals surface area contributed by atoms with Gasteiger partial charge in [0.1, 0.15) is 5.57 Å². The number of benzene rings is 2. The van der Waals surface area contributed by atoms with Crippen LogP contribution in [0.4, 0.5) is 5.69 Å². The van der Waals surface area contributed by atoms with Crippen LogP contribution >= 0.6 is 0 Å². The minimum absolute atomic E-state index is 0.172. The van der Waals surface area contributed by atoms with Crippen LogP contribution in [0.2, 0.25) is 0 Å². The molecule has 3 rings (SSSR count). The molecule has 1 amide bonds. The van der Waals surface area contributed by atoms with E-state index in [2.05, 4.69) is 39.5 Å². The zero-order valence-corrected chi connectivity index (χ0v) is 22.2. The zero-order valence-electron chi connectivity index (χ0n) is 22.2. The van der Waals surface area contributed by atoms with Gasteiger partial charge in [-0.25, -0.2) is 0 Å². The molecule has 1 aliphatic heterocycles. The molecule has 1 N–H and O–H groups in total. The van der Waals surface area contributed by atoms with Crippen molar-refractivity contribution in [3.05, 3.63) is 89.0 Å². The molecule has 1 atom stereocenters. The Bertz CT molecular complexity index is 1100. The van der Waals surface area contributed by atoms with E-state index in [-0.39, 0.29) is 17.4 Å². The van der Waals surface area contributed by atoms with Crippen LogP contribution in [0.15, 0.2) is 72.3 Å². The Labute approximate surface area is 216 Å². The number of para-hydroxylation sites is 1. The van der Waals surface area contributed by atoms with Crippen molar-refractivity contribution in [2.24, 2.45) is 0 Å². The summed E-state index contributed by atoms with van der Waals surface area (Å²) in [6.45, 7) is 12.9. The molecule has 5 heteroatoms. The second-order valence-corrected chi connectivity index (χ2v) is 9.54. The number of aryl methyl sites for hydroxylation is 2. The molecule has 36 heavy (non-hydrogen) atoms. The van der Waals surface area contributed by atoms with Crippen LogP contribution in [-0.4, -0.2) is 34.8 Å². The van der Waals surface area contributed by atoms with Crippen LogP contribution in [0.25, 0.3) is 0 Å². The molecule has 2 aromatic rings. The predicted octanol–water partition coefficient (Wildman–Crippen LogP) is 6.70. The van der Waals surface area contributed by atoms with Gasteiger partial charge in [-0.3, -0.25) is 14.5 Å². The minimum Gasteiger partial charge on any atom is -0.494 e. The summed E-state index contributed by atoms with van der Waals surface area (Å²) in [4.78, 5) is 30.0. The van der Waals surface area contributed by atoms with Gasteiger partial charge in [0.15, 0.2) is 5.78 Å². The third-order valence-corrected chi connectivity index (χ3v) is 7.07. The average molecular weight is 489 g/mol. The molecule has 0 spiro atoms. The van der Waals surface area contributed by atoms with Crippen molar-refractivity contribution in [3.8, 4) is 0 Å². The number of hydrogen-bond acceptors (Lipinski definition) is 4. The van der Waals surface area contributed by atoms with Crippen molar-refractivity contribution in [3.63, 3.8) is 0 Å². The highest BCUT2D eigenvalue weighted by Crippen LogP contribution is 2.35. The van der Waals surface area contributed by atoms with Crippen LogP contribution in [0.5, 0.6) is 0 Å². The Hall–Kier alpha value is -3.34. The second-order valence-electron chi connectivity index (χ2n) is 9.54. The molecule has 1 heterocycles. The van der Waals surface area contributed by atoms with Crippen LogP contribution in [0.3, 0.4) is 0 Å². The normalized spacial score (nSPS) is 16.0. The van der Waals surface area contributed by atoms with E-state index in [1.54, 1.807) is 9.80 Å². The Morgan fingerprint density at radius 2 is 1.67 bits per heavy atom. The SMILES string of the molecule is C=C(CCCC)N(/C(O)=C(\C(C)=O)C(=O)N1CC[C@H](c2ccccc2)C1)c1c(CC)cccc1CC. The Balaban J connectivity index is 2.06. The summed E-state index contributed by atoms with van der Waals surface area (Å²) in [5.41, 5.74) is 4.61. The second kappa shape index (κ2) is 12.6. The number of amides is 1. The van der Waals surface area contributed by atoms with Gasteiger partial charge in [0.05, 0.1) is 5.69 Å². The number of unbranched alkanes of at least 4 members (excludes halogenated alkanes) is 1. The monoisotopic (exact) mass is 488 g/mol. The number of aliphatic hydroxyl groups is 1. The smallest absolute Gasteiger partial charge is 0.262 e. The number of rotatable bonds is 11. The molecule has 1 aliphatic rings. The van der Waals surface area contributed by atoms with Gasteiger partial charge in [0.25, 0.3) is 5.91 Å². The van der Waals surface area contributed by atoms with Gasteiger partial charge < -0.3 is 10.0 Å². The van der Waals surface area contributed by atoms with Gasteiger partial charge in [0, 0.05) is 24.7 Å². The molecular formula is C31H40N2O3. The van der Waals surface area contributed by atoms with E-state index in [0.29, 0.717) is 25.2 Å². The highest BCUT2D eigenvalue weighted by Gasteiger charge is 2.34. The van der Waals surface area contributed by atoms with Crippen molar-refractivity contribution in [2.45, 2.75) is 72.1 Å². The maximum Gasteiger partial charge on any atom is 0.262 e. The summed E-state index contributed by atoms with van der Waals surface area (Å²) in [6.07, 6.45) is 4.85. The van der Waals surface area contributed by atoms with Gasteiger partial charge in [0.2, 0.25) is 5.88 Å². The lowest BCUT2D eigenvalue weighted by Crippen LogP contribution is -2.36. The molecule has 0 radical (unpaired) electrons. The third kappa shape index (κ3) is 5.89. The number of carbonyl (C=O) groups excluding carboxylic acids is 2. The lowest BCUT2D eigenvalue weighted by Gasteiger charge is -2.31. The maximum atomic E-state index is 13.7. The van der Waals surface area contributed by atoms with Crippen molar-refractivity contribution < 1.29 is 14.7 Å². The number of likely N-dealkylation sites (tertiary alicyclic amines) is 1. The molecule has 0 bridgehead atoms. The molecule has 0 saturated carbocycles. The van der Waals surface area contributed by atoms with Crippen LogP contribution < -0.4 is 4.90 Å². The van der Waals surface area contributed by atoms with Crippen LogP contribution in [0.1, 0.15) is 76.0 Å². The summed E-state index contributed by atoms with van der Waals surface area (Å²) in [5, 5.41) is 11.7. The quantitative estimate of drug-likeness (QED) is 0.166. The van der Waals surface area contributed by atoms with Gasteiger partial charge in [-0.05, 0) is 55.7 Å². The van der Waals surface area contributed by atoms with Gasteiger partial charge >= 0.3 is 0 Å². The number of Topliss-reactive ketones (excluding diaryl/α,β-unsaturated/α-hetero) is 1. The molecule has 0 aromatic heterocycles. The highest BCUT2D eigenvalue weighted by atomic mass is 16.3. The standard InChI is InChI=1S/C31H40N2O3/c1-6-9-14-22(4)33(29-24(7-2)17-13-18-25(29)8-3)31(36)28(23(5)34)30(35)32-20-19-27(21-32)26-15-11-10-12-16-26/h10-13,15-18,27,36H,4,6-9,14,19-21H2,1-3,5H3/b31-28-/t27-/m0/s1. The first-order valence-corrected chi connectivity index (χ1v) is 13.2. The number of ketones is 1. The minimum atomic E-state index is -0.444. The van der Waals surface area contributed by atoms with Crippen LogP contribution in [-0.2, 0) is 22.4 Å². The first-order chi connectivity index (χ1) is 17.3. The lowest BCUT2D eigenvalue weighted by atomic mass is 9.99. The Kier molecular flexibility index (Phi) is 9.51. The fraction of sp³-hybridized carbons (Fsp3) is 0.419. The summed E-state index contributed by atoms with van der Waals surface area (Å²) in [5.74, 6) is -0.958. The largest absolute Gasteiger partial charge is 0.494 e. The van der Waals surface area contributed by atoms with E-state index in [9.17, 15) is 14.7 Å². The Morgan fingerprint density at radius 1 is 1.03 bits per heavy atom. The van der Waals surface area contributed by atoms with Gasteiger partial charge in [-0.15, -0.1) is 0 Å². The third-order valence-electron chi connectivity index (χ3n) is 7.07. The molecule has 1 fully saturated rings. The van der Waals surface area contributed by atoms with Gasteiger partial charge in [-0.1, -0.05) is 82.3 Å². The van der Waals surface area contributed by atoms with E-state index in [1.807, 2.05) is 36.4 Å². The summed E-state index contributed by atoms with van der Waals surface area (Å²) in [6, 6.07) is 16.2. The molecule has 0 aliphatic carbocycles. The number of nitrogens with zero attached hydrogens (tertiary/aromatic N) is 2. The van der Waals surface area contributed by atoms with Crippen LogP contribution in [0, 0.1) is 0 Å². The average Bonchev–Trinajstić information content (AvgIpc) is 3.38. The highest BCUT2D eigenvalue weighted by molar-refractivity contribution is 6.19. The first kappa shape index (κ1) is 27.3. The number of anilines is 1. The predicted molar refractivity (Wildman–Crippen MR) is 147 cm³/mol. The van der Waals surface area contributed by atoms with E-state index in [0.717, 1.165) is 48.9 Å².